The quantitative estimate of drug-likeness (QED) is 0.686. The molecule has 84 valence electrons. The molecular weight excluding hydrogens is 215 g/mol. The monoisotopic (exact) mass is 230 g/mol. The van der Waals surface area contributed by atoms with Gasteiger partial charge in [0.1, 0.15) is 5.82 Å². The van der Waals surface area contributed by atoms with Crippen LogP contribution < -0.4 is 0 Å². The molecule has 0 radical (unpaired) electrons. The standard InChI is InChI=1S/C11H15F.O2S/c1-8-5-6-9(12)7-10(8)11(2,3)4;1-3-2/h5-7H,1-4H3;. The van der Waals surface area contributed by atoms with E-state index in [9.17, 15) is 4.39 Å². The van der Waals surface area contributed by atoms with Crippen molar-refractivity contribution in [3.05, 3.63) is 35.1 Å². The number of rotatable bonds is 0. The van der Waals surface area contributed by atoms with E-state index in [0.717, 1.165) is 11.1 Å². The van der Waals surface area contributed by atoms with Crippen molar-refractivity contribution in [1.29, 1.82) is 0 Å². The van der Waals surface area contributed by atoms with E-state index in [-0.39, 0.29) is 11.2 Å². The molecule has 0 bridgehead atoms. The fourth-order valence-electron chi connectivity index (χ4n) is 1.40. The van der Waals surface area contributed by atoms with Crippen LogP contribution in [0.5, 0.6) is 0 Å². The van der Waals surface area contributed by atoms with E-state index in [0.29, 0.717) is 0 Å². The lowest BCUT2D eigenvalue weighted by atomic mass is 9.84. The molecular formula is C11H15FO2S. The maximum absolute atomic E-state index is 12.9. The largest absolute Gasteiger partial charge is 0.335 e. The molecule has 0 fully saturated rings. The predicted molar refractivity (Wildman–Crippen MR) is 58.8 cm³/mol. The number of aryl methyl sites for hydroxylation is 1. The summed E-state index contributed by atoms with van der Waals surface area (Å²) in [5.41, 5.74) is 2.28. The van der Waals surface area contributed by atoms with E-state index in [1.54, 1.807) is 6.07 Å². The van der Waals surface area contributed by atoms with Gasteiger partial charge in [0, 0.05) is 0 Å². The highest BCUT2D eigenvalue weighted by atomic mass is 32.1. The van der Waals surface area contributed by atoms with Gasteiger partial charge in [0.25, 0.3) is 0 Å². The fraction of sp³-hybridized carbons (Fsp3) is 0.455. The van der Waals surface area contributed by atoms with Crippen molar-refractivity contribution in [2.24, 2.45) is 0 Å². The van der Waals surface area contributed by atoms with Gasteiger partial charge in [-0.25, -0.2) is 4.39 Å². The predicted octanol–water partition coefficient (Wildman–Crippen LogP) is 2.76. The Morgan fingerprint density at radius 1 is 1.20 bits per heavy atom. The van der Waals surface area contributed by atoms with Crippen molar-refractivity contribution < 1.29 is 12.8 Å². The average Bonchev–Trinajstić information content (AvgIpc) is 2.09. The van der Waals surface area contributed by atoms with Crippen LogP contribution in [0.25, 0.3) is 0 Å². The number of halogens is 1. The first kappa shape index (κ1) is 14.0. The maximum Gasteiger partial charge on any atom is 0.335 e. The molecule has 0 saturated heterocycles. The Balaban J connectivity index is 0.000000583. The molecule has 0 aliphatic rings. The summed E-state index contributed by atoms with van der Waals surface area (Å²) in [7, 11) is 0. The molecule has 0 aliphatic carbocycles. The first-order valence-corrected chi connectivity index (χ1v) is 5.18. The Hall–Kier alpha value is -1.03. The van der Waals surface area contributed by atoms with Crippen molar-refractivity contribution >= 4 is 11.6 Å². The third kappa shape index (κ3) is 4.83. The molecule has 1 aromatic rings. The van der Waals surface area contributed by atoms with E-state index in [2.05, 4.69) is 20.8 Å². The van der Waals surface area contributed by atoms with Crippen LogP contribution in [0.1, 0.15) is 31.9 Å². The lowest BCUT2D eigenvalue weighted by Gasteiger charge is -2.21. The van der Waals surface area contributed by atoms with Crippen LogP contribution in [-0.4, -0.2) is 8.42 Å². The lowest BCUT2D eigenvalue weighted by Crippen LogP contribution is -2.13. The van der Waals surface area contributed by atoms with Gasteiger partial charge in [-0.2, -0.15) is 8.42 Å². The van der Waals surface area contributed by atoms with Crippen LogP contribution in [0.4, 0.5) is 4.39 Å². The van der Waals surface area contributed by atoms with E-state index < -0.39 is 11.6 Å². The zero-order valence-corrected chi connectivity index (χ0v) is 10.2. The van der Waals surface area contributed by atoms with E-state index in [1.165, 1.54) is 6.07 Å². The Kier molecular flexibility index (Phi) is 5.36. The van der Waals surface area contributed by atoms with Crippen LogP contribution in [0.2, 0.25) is 0 Å². The van der Waals surface area contributed by atoms with Crippen LogP contribution in [0.3, 0.4) is 0 Å². The van der Waals surface area contributed by atoms with Gasteiger partial charge in [0.15, 0.2) is 0 Å². The van der Waals surface area contributed by atoms with Gasteiger partial charge in [-0.1, -0.05) is 26.8 Å². The summed E-state index contributed by atoms with van der Waals surface area (Å²) < 4.78 is 29.5. The minimum atomic E-state index is -0.750. The Morgan fingerprint density at radius 2 is 1.67 bits per heavy atom. The van der Waals surface area contributed by atoms with Crippen molar-refractivity contribution in [3.8, 4) is 0 Å². The van der Waals surface area contributed by atoms with Gasteiger partial charge in [-0.05, 0) is 35.6 Å². The summed E-state index contributed by atoms with van der Waals surface area (Å²) in [5.74, 6) is -0.148. The summed E-state index contributed by atoms with van der Waals surface area (Å²) >= 11 is -0.750. The van der Waals surface area contributed by atoms with Crippen molar-refractivity contribution in [1.82, 2.24) is 0 Å². The summed E-state index contributed by atoms with van der Waals surface area (Å²) in [6.07, 6.45) is 0. The van der Waals surface area contributed by atoms with Crippen molar-refractivity contribution in [2.75, 3.05) is 0 Å². The zero-order chi connectivity index (χ0) is 12.1. The summed E-state index contributed by atoms with van der Waals surface area (Å²) in [4.78, 5) is 0. The summed E-state index contributed by atoms with van der Waals surface area (Å²) in [5, 5.41) is 0. The minimum Gasteiger partial charge on any atom is -0.207 e. The normalized spacial score (nSPS) is 10.2. The van der Waals surface area contributed by atoms with Gasteiger partial charge in [0.05, 0.1) is 0 Å². The van der Waals surface area contributed by atoms with Gasteiger partial charge < -0.3 is 0 Å². The van der Waals surface area contributed by atoms with Crippen LogP contribution in [0.15, 0.2) is 18.2 Å². The second kappa shape index (κ2) is 5.75. The molecule has 0 atom stereocenters. The molecule has 0 aliphatic heterocycles. The topological polar surface area (TPSA) is 34.1 Å². The van der Waals surface area contributed by atoms with Crippen LogP contribution >= 0.6 is 0 Å². The highest BCUT2D eigenvalue weighted by Gasteiger charge is 2.16. The minimum absolute atomic E-state index is 0.0339. The van der Waals surface area contributed by atoms with Gasteiger partial charge in [-0.3, -0.25) is 0 Å². The first-order chi connectivity index (χ1) is 6.82. The van der Waals surface area contributed by atoms with Gasteiger partial charge in [0.2, 0.25) is 0 Å². The lowest BCUT2D eigenvalue weighted by molar-refractivity contribution is 0.568. The Labute approximate surface area is 93.1 Å². The number of benzene rings is 1. The molecule has 1 aromatic carbocycles. The van der Waals surface area contributed by atoms with Gasteiger partial charge >= 0.3 is 11.6 Å². The highest BCUT2D eigenvalue weighted by molar-refractivity contribution is 7.51. The van der Waals surface area contributed by atoms with Crippen molar-refractivity contribution in [2.45, 2.75) is 33.1 Å². The second-order valence-corrected chi connectivity index (χ2v) is 4.41. The molecule has 0 aromatic heterocycles. The molecule has 4 heteroatoms. The molecule has 1 rings (SSSR count). The van der Waals surface area contributed by atoms with E-state index in [4.69, 9.17) is 8.42 Å². The molecule has 2 nitrogen and oxygen atoms in total. The van der Waals surface area contributed by atoms with E-state index in [1.807, 2.05) is 13.0 Å². The fourth-order valence-corrected chi connectivity index (χ4v) is 1.40. The van der Waals surface area contributed by atoms with Crippen molar-refractivity contribution in [3.63, 3.8) is 0 Å². The third-order valence-electron chi connectivity index (χ3n) is 2.01. The number of hydrogen-bond acceptors (Lipinski definition) is 2. The molecule has 0 heterocycles. The maximum atomic E-state index is 12.9. The molecule has 0 spiro atoms. The molecule has 0 amide bonds. The van der Waals surface area contributed by atoms with E-state index >= 15 is 0 Å². The zero-order valence-electron chi connectivity index (χ0n) is 9.33. The molecule has 0 N–H and O–H groups in total. The molecule has 0 unspecified atom stereocenters. The van der Waals surface area contributed by atoms with Crippen LogP contribution in [0, 0.1) is 12.7 Å². The Morgan fingerprint density at radius 3 is 2.00 bits per heavy atom. The first-order valence-electron chi connectivity index (χ1n) is 4.51. The van der Waals surface area contributed by atoms with Crippen LogP contribution in [-0.2, 0) is 17.0 Å². The number of hydrogen-bond donors (Lipinski definition) is 0. The van der Waals surface area contributed by atoms with Gasteiger partial charge in [-0.15, -0.1) is 0 Å². The smallest absolute Gasteiger partial charge is 0.207 e. The highest BCUT2D eigenvalue weighted by Crippen LogP contribution is 2.25. The summed E-state index contributed by atoms with van der Waals surface area (Å²) in [6.45, 7) is 8.29. The Bertz CT molecular complexity index is 363. The molecule has 0 saturated carbocycles. The SMILES string of the molecule is Cc1ccc(F)cc1C(C)(C)C.O=S=O. The summed E-state index contributed by atoms with van der Waals surface area (Å²) in [6, 6.07) is 4.95. The average molecular weight is 230 g/mol. The molecule has 15 heavy (non-hydrogen) atoms. The second-order valence-electron chi connectivity index (χ2n) is 4.28. The third-order valence-corrected chi connectivity index (χ3v) is 2.01.